The number of hydrogen-bond donors (Lipinski definition) is 1. The average molecular weight is 230 g/mol. The van der Waals surface area contributed by atoms with E-state index < -0.39 is 11.0 Å². The molecule has 0 saturated carbocycles. The van der Waals surface area contributed by atoms with Crippen molar-refractivity contribution in [1.82, 2.24) is 0 Å². The molecule has 1 N–H and O–H groups in total. The van der Waals surface area contributed by atoms with Crippen LogP contribution in [0.25, 0.3) is 0 Å². The maximum atomic E-state index is 11.0. The van der Waals surface area contributed by atoms with Gasteiger partial charge >= 0.3 is 0 Å². The zero-order chi connectivity index (χ0) is 13.1. The molecule has 0 fully saturated rings. The quantitative estimate of drug-likeness (QED) is 0.594. The Labute approximate surface area is 103 Å². The zero-order valence-electron chi connectivity index (χ0n) is 10.7. The summed E-state index contributed by atoms with van der Waals surface area (Å²) >= 11 is 0. The maximum Gasteiger partial charge on any atom is 0.202 e. The lowest BCUT2D eigenvalue weighted by atomic mass is 9.72. The Morgan fingerprint density at radius 2 is 1.71 bits per heavy atom. The van der Waals surface area contributed by atoms with Gasteiger partial charge in [-0.05, 0) is 11.5 Å². The highest BCUT2D eigenvalue weighted by Crippen LogP contribution is 2.38. The van der Waals surface area contributed by atoms with Crippen molar-refractivity contribution in [2.24, 2.45) is 5.41 Å². The van der Waals surface area contributed by atoms with Crippen LogP contribution in [-0.2, 0) is 10.4 Å². The fourth-order valence-corrected chi connectivity index (χ4v) is 1.55. The Balaban J connectivity index is 3.33. The SMILES string of the molecule is CC(=O)C#CC(O)(c1ccccc1)C(C)(C)C. The molecule has 0 aliphatic carbocycles. The van der Waals surface area contributed by atoms with Gasteiger partial charge in [0.05, 0.1) is 0 Å². The van der Waals surface area contributed by atoms with Crippen LogP contribution in [0.3, 0.4) is 0 Å². The van der Waals surface area contributed by atoms with E-state index in [1.54, 1.807) is 0 Å². The minimum atomic E-state index is -1.32. The van der Waals surface area contributed by atoms with E-state index in [0.717, 1.165) is 0 Å². The fraction of sp³-hybridized carbons (Fsp3) is 0.400. The second kappa shape index (κ2) is 4.73. The van der Waals surface area contributed by atoms with E-state index in [1.165, 1.54) is 6.92 Å². The Bertz CT molecular complexity index is 457. The number of carbonyl (C=O) groups is 1. The van der Waals surface area contributed by atoms with Crippen LogP contribution in [0, 0.1) is 17.3 Å². The van der Waals surface area contributed by atoms with E-state index in [1.807, 2.05) is 51.1 Å². The van der Waals surface area contributed by atoms with Crippen molar-refractivity contribution in [2.75, 3.05) is 0 Å². The second-order valence-corrected chi connectivity index (χ2v) is 5.13. The monoisotopic (exact) mass is 230 g/mol. The van der Waals surface area contributed by atoms with Crippen LogP contribution < -0.4 is 0 Å². The van der Waals surface area contributed by atoms with Gasteiger partial charge in [0.1, 0.15) is 0 Å². The van der Waals surface area contributed by atoms with Crippen molar-refractivity contribution in [2.45, 2.75) is 33.3 Å². The van der Waals surface area contributed by atoms with Gasteiger partial charge in [-0.3, -0.25) is 4.79 Å². The number of aliphatic hydroxyl groups is 1. The van der Waals surface area contributed by atoms with Crippen LogP contribution in [0.4, 0.5) is 0 Å². The van der Waals surface area contributed by atoms with Crippen LogP contribution in [0.1, 0.15) is 33.3 Å². The topological polar surface area (TPSA) is 37.3 Å². The molecule has 2 heteroatoms. The number of rotatable bonds is 1. The normalized spacial score (nSPS) is 14.4. The summed E-state index contributed by atoms with van der Waals surface area (Å²) in [4.78, 5) is 11.0. The van der Waals surface area contributed by atoms with E-state index in [2.05, 4.69) is 11.8 Å². The first-order chi connectivity index (χ1) is 7.77. The highest BCUT2D eigenvalue weighted by molar-refractivity contribution is 5.93. The van der Waals surface area contributed by atoms with E-state index in [-0.39, 0.29) is 5.78 Å². The molecule has 0 heterocycles. The van der Waals surface area contributed by atoms with Gasteiger partial charge in [0.2, 0.25) is 5.78 Å². The summed E-state index contributed by atoms with van der Waals surface area (Å²) in [5.41, 5.74) is -1.09. The van der Waals surface area contributed by atoms with Gasteiger partial charge < -0.3 is 5.11 Å². The fourth-order valence-electron chi connectivity index (χ4n) is 1.55. The zero-order valence-corrected chi connectivity index (χ0v) is 10.7. The largest absolute Gasteiger partial charge is 0.373 e. The summed E-state index contributed by atoms with van der Waals surface area (Å²) < 4.78 is 0. The number of benzene rings is 1. The van der Waals surface area contributed by atoms with Crippen molar-refractivity contribution < 1.29 is 9.90 Å². The number of Topliss-reactive ketones (excluding diaryl/α,β-unsaturated/α-hetero) is 1. The molecule has 0 aliphatic heterocycles. The summed E-state index contributed by atoms with van der Waals surface area (Å²) in [5.74, 6) is 4.91. The van der Waals surface area contributed by atoms with E-state index in [4.69, 9.17) is 0 Å². The number of carbonyl (C=O) groups excluding carboxylic acids is 1. The predicted octanol–water partition coefficient (Wildman–Crippen LogP) is 2.51. The summed E-state index contributed by atoms with van der Waals surface area (Å²) in [7, 11) is 0. The molecule has 0 aromatic heterocycles. The molecule has 1 aromatic rings. The van der Waals surface area contributed by atoms with Gasteiger partial charge in [0, 0.05) is 12.3 Å². The molecule has 0 radical (unpaired) electrons. The molecule has 90 valence electrons. The summed E-state index contributed by atoms with van der Waals surface area (Å²) in [6.45, 7) is 7.08. The summed E-state index contributed by atoms with van der Waals surface area (Å²) in [5, 5.41) is 10.7. The molecule has 0 bridgehead atoms. The first-order valence-electron chi connectivity index (χ1n) is 5.59. The van der Waals surface area contributed by atoms with Crippen LogP contribution in [-0.4, -0.2) is 10.9 Å². The standard InChI is InChI=1S/C15H18O2/c1-12(16)10-11-15(17,14(2,3)4)13-8-6-5-7-9-13/h5-9,17H,1-4H3. The number of ketones is 1. The van der Waals surface area contributed by atoms with Crippen molar-refractivity contribution in [3.05, 3.63) is 35.9 Å². The Morgan fingerprint density at radius 3 is 2.12 bits per heavy atom. The molecule has 1 rings (SSSR count). The third kappa shape index (κ3) is 2.95. The minimum Gasteiger partial charge on any atom is -0.373 e. The first-order valence-corrected chi connectivity index (χ1v) is 5.59. The molecule has 0 spiro atoms. The Kier molecular flexibility index (Phi) is 3.75. The maximum absolute atomic E-state index is 11.0. The minimum absolute atomic E-state index is 0.247. The molecule has 0 aliphatic rings. The van der Waals surface area contributed by atoms with Crippen molar-refractivity contribution in [1.29, 1.82) is 0 Å². The van der Waals surface area contributed by atoms with E-state index in [9.17, 15) is 9.90 Å². The van der Waals surface area contributed by atoms with E-state index >= 15 is 0 Å². The molecule has 17 heavy (non-hydrogen) atoms. The van der Waals surface area contributed by atoms with Crippen molar-refractivity contribution >= 4 is 5.78 Å². The molecular weight excluding hydrogens is 212 g/mol. The van der Waals surface area contributed by atoms with Gasteiger partial charge in [-0.25, -0.2) is 0 Å². The molecule has 0 saturated heterocycles. The second-order valence-electron chi connectivity index (χ2n) is 5.13. The number of hydrogen-bond acceptors (Lipinski definition) is 2. The predicted molar refractivity (Wildman–Crippen MR) is 68.3 cm³/mol. The Morgan fingerprint density at radius 1 is 1.18 bits per heavy atom. The van der Waals surface area contributed by atoms with Crippen LogP contribution in [0.5, 0.6) is 0 Å². The summed E-state index contributed by atoms with van der Waals surface area (Å²) in [6, 6.07) is 9.22. The lowest BCUT2D eigenvalue weighted by molar-refractivity contribution is -0.112. The molecule has 1 aromatic carbocycles. The third-order valence-corrected chi connectivity index (χ3v) is 2.70. The molecule has 1 atom stereocenters. The lowest BCUT2D eigenvalue weighted by Gasteiger charge is -2.36. The van der Waals surface area contributed by atoms with Crippen LogP contribution >= 0.6 is 0 Å². The highest BCUT2D eigenvalue weighted by Gasteiger charge is 2.40. The highest BCUT2D eigenvalue weighted by atomic mass is 16.3. The van der Waals surface area contributed by atoms with Gasteiger partial charge in [0.15, 0.2) is 5.60 Å². The van der Waals surface area contributed by atoms with Gasteiger partial charge in [0.25, 0.3) is 0 Å². The molecule has 0 amide bonds. The smallest absolute Gasteiger partial charge is 0.202 e. The molecule has 2 nitrogen and oxygen atoms in total. The van der Waals surface area contributed by atoms with Crippen LogP contribution in [0.2, 0.25) is 0 Å². The van der Waals surface area contributed by atoms with Crippen molar-refractivity contribution in [3.63, 3.8) is 0 Å². The molecule has 1 unspecified atom stereocenters. The van der Waals surface area contributed by atoms with Crippen molar-refractivity contribution in [3.8, 4) is 11.8 Å². The Hall–Kier alpha value is -1.59. The van der Waals surface area contributed by atoms with Gasteiger partial charge in [-0.1, -0.05) is 57.0 Å². The van der Waals surface area contributed by atoms with Crippen LogP contribution in [0.15, 0.2) is 30.3 Å². The lowest BCUT2D eigenvalue weighted by Crippen LogP contribution is -2.38. The third-order valence-electron chi connectivity index (χ3n) is 2.70. The van der Waals surface area contributed by atoms with Gasteiger partial charge in [-0.2, -0.15) is 0 Å². The van der Waals surface area contributed by atoms with Gasteiger partial charge in [-0.15, -0.1) is 0 Å². The first kappa shape index (κ1) is 13.5. The molecular formula is C15H18O2. The average Bonchev–Trinajstić information content (AvgIpc) is 2.25. The summed E-state index contributed by atoms with van der Waals surface area (Å²) in [6.07, 6.45) is 0. The van der Waals surface area contributed by atoms with E-state index in [0.29, 0.717) is 5.56 Å².